The Labute approximate surface area is 144 Å². The Morgan fingerprint density at radius 2 is 2.12 bits per heavy atom. The van der Waals surface area contributed by atoms with Crippen LogP contribution < -0.4 is 5.56 Å². The van der Waals surface area contributed by atoms with Gasteiger partial charge in [-0.2, -0.15) is 11.8 Å². The number of H-pyrrole nitrogens is 1. The Kier molecular flexibility index (Phi) is 4.16. The number of hydrogen-bond acceptors (Lipinski definition) is 4. The van der Waals surface area contributed by atoms with Gasteiger partial charge in [-0.3, -0.25) is 14.8 Å². The minimum Gasteiger partial charge on any atom is -0.297 e. The predicted octanol–water partition coefficient (Wildman–Crippen LogP) is 2.70. The average molecular weight is 340 g/mol. The van der Waals surface area contributed by atoms with E-state index in [-0.39, 0.29) is 5.56 Å². The van der Waals surface area contributed by atoms with Crippen molar-refractivity contribution >= 4 is 17.4 Å². The van der Waals surface area contributed by atoms with Gasteiger partial charge in [-0.15, -0.1) is 0 Å². The molecule has 124 valence electrons. The maximum absolute atomic E-state index is 12.2. The lowest BCUT2D eigenvalue weighted by molar-refractivity contribution is 0.189. The van der Waals surface area contributed by atoms with E-state index >= 15 is 0 Å². The fraction of sp³-hybridized carbons (Fsp3) is 0.333. The second kappa shape index (κ2) is 6.45. The molecular weight excluding hydrogens is 320 g/mol. The molecule has 2 atom stereocenters. The highest BCUT2D eigenvalue weighted by atomic mass is 32.2. The molecule has 4 rings (SSSR count). The van der Waals surface area contributed by atoms with Crippen molar-refractivity contribution in [2.24, 2.45) is 0 Å². The second-order valence-corrected chi connectivity index (χ2v) is 7.63. The van der Waals surface area contributed by atoms with Crippen LogP contribution in [0.4, 0.5) is 0 Å². The summed E-state index contributed by atoms with van der Waals surface area (Å²) in [4.78, 5) is 19.3. The number of aromatic nitrogens is 3. The van der Waals surface area contributed by atoms with E-state index < -0.39 is 0 Å². The van der Waals surface area contributed by atoms with Gasteiger partial charge < -0.3 is 0 Å². The number of benzene rings is 1. The molecule has 5 nitrogen and oxygen atoms in total. The highest BCUT2D eigenvalue weighted by molar-refractivity contribution is 8.00. The molecule has 1 aliphatic rings. The summed E-state index contributed by atoms with van der Waals surface area (Å²) in [6.07, 6.45) is 1.74. The molecule has 3 aromatic rings. The molecule has 2 aromatic heterocycles. The lowest BCUT2D eigenvalue weighted by Gasteiger charge is -2.39. The third kappa shape index (κ3) is 2.87. The van der Waals surface area contributed by atoms with Gasteiger partial charge in [0.25, 0.3) is 5.56 Å². The van der Waals surface area contributed by atoms with E-state index in [0.29, 0.717) is 23.5 Å². The molecule has 0 radical (unpaired) electrons. The Morgan fingerprint density at radius 3 is 2.96 bits per heavy atom. The van der Waals surface area contributed by atoms with Crippen molar-refractivity contribution in [3.05, 3.63) is 70.3 Å². The summed E-state index contributed by atoms with van der Waals surface area (Å²) < 4.78 is 1.47. The van der Waals surface area contributed by atoms with Crippen molar-refractivity contribution in [1.29, 1.82) is 0 Å². The molecule has 1 fully saturated rings. The number of nitrogens with zero attached hydrogens (tertiary/aromatic N) is 3. The molecule has 1 aromatic carbocycles. The maximum atomic E-state index is 12.2. The lowest BCUT2D eigenvalue weighted by Crippen LogP contribution is -2.40. The summed E-state index contributed by atoms with van der Waals surface area (Å²) in [6.45, 7) is 3.98. The van der Waals surface area contributed by atoms with Crippen LogP contribution in [0, 0.1) is 0 Å². The van der Waals surface area contributed by atoms with Crippen molar-refractivity contribution in [3.63, 3.8) is 0 Å². The van der Waals surface area contributed by atoms with Crippen LogP contribution in [0.25, 0.3) is 5.65 Å². The lowest BCUT2D eigenvalue weighted by atomic mass is 10.0. The van der Waals surface area contributed by atoms with E-state index in [1.807, 2.05) is 17.8 Å². The summed E-state index contributed by atoms with van der Waals surface area (Å²) in [5.74, 6) is 1.11. The molecule has 24 heavy (non-hydrogen) atoms. The molecule has 1 aliphatic heterocycles. The van der Waals surface area contributed by atoms with Crippen LogP contribution in [-0.2, 0) is 6.54 Å². The minimum absolute atomic E-state index is 0.0595. The SMILES string of the molecule is C[C@@H]1SCCN(Cc2cc(=O)n3[nH]ccc3n2)[C@@H]1c1ccccc1. The van der Waals surface area contributed by atoms with Crippen LogP contribution in [0.5, 0.6) is 0 Å². The van der Waals surface area contributed by atoms with E-state index in [1.54, 1.807) is 12.3 Å². The number of hydrogen-bond donors (Lipinski definition) is 1. The third-order valence-electron chi connectivity index (χ3n) is 4.54. The van der Waals surface area contributed by atoms with E-state index in [4.69, 9.17) is 0 Å². The number of nitrogens with one attached hydrogen (secondary N) is 1. The van der Waals surface area contributed by atoms with Crippen molar-refractivity contribution in [3.8, 4) is 0 Å². The average Bonchev–Trinajstić information content (AvgIpc) is 3.05. The Morgan fingerprint density at radius 1 is 1.29 bits per heavy atom. The van der Waals surface area contributed by atoms with Gasteiger partial charge in [-0.1, -0.05) is 37.3 Å². The minimum atomic E-state index is -0.0595. The topological polar surface area (TPSA) is 53.4 Å². The second-order valence-electron chi connectivity index (χ2n) is 6.14. The zero-order chi connectivity index (χ0) is 16.5. The van der Waals surface area contributed by atoms with E-state index in [9.17, 15) is 4.79 Å². The summed E-state index contributed by atoms with van der Waals surface area (Å²) in [5.41, 5.74) is 2.78. The first-order valence-corrected chi connectivity index (χ1v) is 9.24. The van der Waals surface area contributed by atoms with Crippen LogP contribution in [-0.4, -0.2) is 37.0 Å². The Balaban J connectivity index is 1.66. The van der Waals surface area contributed by atoms with Crippen molar-refractivity contribution in [2.45, 2.75) is 24.8 Å². The molecule has 0 amide bonds. The number of aromatic amines is 1. The van der Waals surface area contributed by atoms with Gasteiger partial charge >= 0.3 is 0 Å². The van der Waals surface area contributed by atoms with E-state index in [2.05, 4.69) is 52.2 Å². The number of fused-ring (bicyclic) bond motifs is 1. The summed E-state index contributed by atoms with van der Waals surface area (Å²) in [5, 5.41) is 3.40. The fourth-order valence-corrected chi connectivity index (χ4v) is 4.68. The van der Waals surface area contributed by atoms with Gasteiger partial charge in [0.05, 0.1) is 5.69 Å². The molecule has 6 heteroatoms. The molecule has 3 heterocycles. The van der Waals surface area contributed by atoms with Gasteiger partial charge in [0, 0.05) is 48.5 Å². The first-order valence-electron chi connectivity index (χ1n) is 8.19. The molecule has 1 saturated heterocycles. The largest absolute Gasteiger partial charge is 0.297 e. The summed E-state index contributed by atoms with van der Waals surface area (Å²) in [7, 11) is 0. The zero-order valence-corrected chi connectivity index (χ0v) is 14.4. The van der Waals surface area contributed by atoms with Crippen molar-refractivity contribution in [2.75, 3.05) is 12.3 Å². The highest BCUT2D eigenvalue weighted by Crippen LogP contribution is 2.36. The molecular formula is C18H20N4OS. The van der Waals surface area contributed by atoms with Crippen LogP contribution in [0.2, 0.25) is 0 Å². The molecule has 0 spiro atoms. The molecule has 0 unspecified atom stereocenters. The van der Waals surface area contributed by atoms with Gasteiger partial charge in [-0.25, -0.2) is 9.50 Å². The quantitative estimate of drug-likeness (QED) is 0.796. The monoisotopic (exact) mass is 340 g/mol. The van der Waals surface area contributed by atoms with Crippen LogP contribution in [0.1, 0.15) is 24.2 Å². The molecule has 0 bridgehead atoms. The predicted molar refractivity (Wildman–Crippen MR) is 97.3 cm³/mol. The number of rotatable bonds is 3. The summed E-state index contributed by atoms with van der Waals surface area (Å²) >= 11 is 2.01. The Hall–Kier alpha value is -2.05. The van der Waals surface area contributed by atoms with Gasteiger partial charge in [-0.05, 0) is 5.56 Å². The van der Waals surface area contributed by atoms with E-state index in [0.717, 1.165) is 18.0 Å². The fourth-order valence-electron chi connectivity index (χ4n) is 3.46. The van der Waals surface area contributed by atoms with Gasteiger partial charge in [0.2, 0.25) is 0 Å². The van der Waals surface area contributed by atoms with Crippen LogP contribution in [0.3, 0.4) is 0 Å². The van der Waals surface area contributed by atoms with Gasteiger partial charge in [0.15, 0.2) is 5.65 Å². The standard InChI is InChI=1S/C18H20N4OS/c1-13-18(14-5-3-2-4-6-14)21(9-10-24-13)12-15-11-17(23)22-16(20-15)7-8-19-22/h2-8,11,13,18-19H,9-10,12H2,1H3/t13-,18-/m0/s1. The maximum Gasteiger partial charge on any atom is 0.272 e. The van der Waals surface area contributed by atoms with E-state index in [1.165, 1.54) is 10.1 Å². The summed E-state index contributed by atoms with van der Waals surface area (Å²) in [6, 6.07) is 14.4. The Bertz CT molecular complexity index is 889. The van der Waals surface area contributed by atoms with Crippen molar-refractivity contribution < 1.29 is 0 Å². The zero-order valence-electron chi connectivity index (χ0n) is 13.6. The van der Waals surface area contributed by atoms with Crippen LogP contribution in [0.15, 0.2) is 53.5 Å². The van der Waals surface area contributed by atoms with Gasteiger partial charge in [0.1, 0.15) is 0 Å². The smallest absolute Gasteiger partial charge is 0.272 e. The highest BCUT2D eigenvalue weighted by Gasteiger charge is 2.30. The molecule has 0 aliphatic carbocycles. The third-order valence-corrected chi connectivity index (χ3v) is 5.74. The van der Waals surface area contributed by atoms with Crippen molar-refractivity contribution in [1.82, 2.24) is 19.5 Å². The first kappa shape index (κ1) is 15.5. The normalized spacial score (nSPS) is 22.0. The first-order chi connectivity index (χ1) is 11.7. The molecule has 0 saturated carbocycles. The number of thioether (sulfide) groups is 1. The molecule has 1 N–H and O–H groups in total. The van der Waals surface area contributed by atoms with Crippen LogP contribution >= 0.6 is 11.8 Å².